The predicted molar refractivity (Wildman–Crippen MR) is 90.0 cm³/mol. The molecule has 0 bridgehead atoms. The standard InChI is InChI=1S/C16H19ClN2OS/c1-11(2)16(14-4-3-9-21-14)18-10-15(20)19-13-7-5-12(17)6-8-13/h3-9,11,16,18H,10H2,1-2H3,(H,19,20). The van der Waals surface area contributed by atoms with Crippen molar-refractivity contribution in [2.75, 3.05) is 11.9 Å². The summed E-state index contributed by atoms with van der Waals surface area (Å²) in [4.78, 5) is 13.2. The van der Waals surface area contributed by atoms with Gasteiger partial charge in [0.25, 0.3) is 0 Å². The van der Waals surface area contributed by atoms with E-state index in [9.17, 15) is 4.79 Å². The first kappa shape index (κ1) is 16.0. The van der Waals surface area contributed by atoms with Crippen LogP contribution in [0.4, 0.5) is 5.69 Å². The summed E-state index contributed by atoms with van der Waals surface area (Å²) in [5, 5.41) is 8.89. The normalized spacial score (nSPS) is 12.4. The number of rotatable bonds is 6. The van der Waals surface area contributed by atoms with E-state index in [-0.39, 0.29) is 18.5 Å². The second-order valence-electron chi connectivity index (χ2n) is 5.17. The van der Waals surface area contributed by atoms with E-state index in [2.05, 4.69) is 35.9 Å². The van der Waals surface area contributed by atoms with E-state index >= 15 is 0 Å². The van der Waals surface area contributed by atoms with Gasteiger partial charge in [-0.25, -0.2) is 0 Å². The van der Waals surface area contributed by atoms with Crippen molar-refractivity contribution in [3.8, 4) is 0 Å². The van der Waals surface area contributed by atoms with Crippen molar-refractivity contribution in [1.82, 2.24) is 5.32 Å². The Bertz CT molecular complexity index is 566. The molecule has 1 unspecified atom stereocenters. The van der Waals surface area contributed by atoms with Crippen LogP contribution >= 0.6 is 22.9 Å². The summed E-state index contributed by atoms with van der Waals surface area (Å²) >= 11 is 7.53. The lowest BCUT2D eigenvalue weighted by Crippen LogP contribution is -2.33. The van der Waals surface area contributed by atoms with Gasteiger partial charge in [0.15, 0.2) is 0 Å². The van der Waals surface area contributed by atoms with Gasteiger partial charge in [-0.2, -0.15) is 0 Å². The minimum atomic E-state index is -0.0560. The van der Waals surface area contributed by atoms with Gasteiger partial charge in [0.1, 0.15) is 0 Å². The zero-order chi connectivity index (χ0) is 15.2. The lowest BCUT2D eigenvalue weighted by Gasteiger charge is -2.21. The average Bonchev–Trinajstić information content (AvgIpc) is 2.95. The number of benzene rings is 1. The van der Waals surface area contributed by atoms with Gasteiger partial charge < -0.3 is 10.6 Å². The number of carbonyl (C=O) groups excluding carboxylic acids is 1. The Morgan fingerprint density at radius 2 is 1.95 bits per heavy atom. The number of hydrogen-bond acceptors (Lipinski definition) is 3. The first-order chi connectivity index (χ1) is 10.1. The molecule has 1 atom stereocenters. The summed E-state index contributed by atoms with van der Waals surface area (Å²) in [6, 6.07) is 11.4. The van der Waals surface area contributed by atoms with Crippen molar-refractivity contribution in [3.63, 3.8) is 0 Å². The highest BCUT2D eigenvalue weighted by molar-refractivity contribution is 7.10. The molecule has 1 aromatic heterocycles. The molecule has 0 aliphatic heterocycles. The molecule has 112 valence electrons. The van der Waals surface area contributed by atoms with E-state index in [4.69, 9.17) is 11.6 Å². The Balaban J connectivity index is 1.89. The van der Waals surface area contributed by atoms with Crippen LogP contribution in [-0.2, 0) is 4.79 Å². The zero-order valence-electron chi connectivity index (χ0n) is 12.1. The van der Waals surface area contributed by atoms with Gasteiger partial charge in [-0.3, -0.25) is 4.79 Å². The highest BCUT2D eigenvalue weighted by Crippen LogP contribution is 2.25. The second-order valence-corrected chi connectivity index (χ2v) is 6.59. The fraction of sp³-hybridized carbons (Fsp3) is 0.312. The third-order valence-electron chi connectivity index (χ3n) is 3.13. The van der Waals surface area contributed by atoms with Crippen LogP contribution in [0, 0.1) is 5.92 Å². The van der Waals surface area contributed by atoms with Gasteiger partial charge in [0.05, 0.1) is 6.54 Å². The number of anilines is 1. The molecular formula is C16H19ClN2OS. The third-order valence-corrected chi connectivity index (χ3v) is 4.33. The summed E-state index contributed by atoms with van der Waals surface area (Å²) in [7, 11) is 0. The smallest absolute Gasteiger partial charge is 0.238 e. The van der Waals surface area contributed by atoms with E-state index in [1.807, 2.05) is 6.07 Å². The molecule has 0 aliphatic rings. The van der Waals surface area contributed by atoms with Crippen LogP contribution in [0.1, 0.15) is 24.8 Å². The molecule has 1 amide bonds. The number of nitrogens with one attached hydrogen (secondary N) is 2. The molecule has 1 heterocycles. The summed E-state index contributed by atoms with van der Waals surface area (Å²) in [5.74, 6) is 0.367. The summed E-state index contributed by atoms with van der Waals surface area (Å²) in [5.41, 5.74) is 0.753. The van der Waals surface area contributed by atoms with Gasteiger partial charge in [-0.1, -0.05) is 31.5 Å². The highest BCUT2D eigenvalue weighted by Gasteiger charge is 2.17. The van der Waals surface area contributed by atoms with Gasteiger partial charge in [0.2, 0.25) is 5.91 Å². The van der Waals surface area contributed by atoms with Crippen molar-refractivity contribution >= 4 is 34.5 Å². The van der Waals surface area contributed by atoms with Crippen LogP contribution in [0.2, 0.25) is 5.02 Å². The maximum atomic E-state index is 12.0. The van der Waals surface area contributed by atoms with Crippen LogP contribution in [0.25, 0.3) is 0 Å². The lowest BCUT2D eigenvalue weighted by molar-refractivity contribution is -0.115. The van der Waals surface area contributed by atoms with Gasteiger partial charge in [0, 0.05) is 21.6 Å². The van der Waals surface area contributed by atoms with Crippen molar-refractivity contribution < 1.29 is 4.79 Å². The van der Waals surface area contributed by atoms with Crippen LogP contribution < -0.4 is 10.6 Å². The van der Waals surface area contributed by atoms with Gasteiger partial charge >= 0.3 is 0 Å². The Morgan fingerprint density at radius 1 is 1.24 bits per heavy atom. The Morgan fingerprint density at radius 3 is 2.52 bits per heavy atom. The molecule has 0 radical (unpaired) electrons. The first-order valence-electron chi connectivity index (χ1n) is 6.88. The summed E-state index contributed by atoms with van der Waals surface area (Å²) in [6.07, 6.45) is 0. The molecule has 0 fully saturated rings. The molecule has 0 aliphatic carbocycles. The number of hydrogen-bond donors (Lipinski definition) is 2. The molecular weight excluding hydrogens is 304 g/mol. The molecule has 2 aromatic rings. The molecule has 1 aromatic carbocycles. The zero-order valence-corrected chi connectivity index (χ0v) is 13.7. The van der Waals surface area contributed by atoms with E-state index in [0.29, 0.717) is 10.9 Å². The maximum Gasteiger partial charge on any atom is 0.238 e. The molecule has 5 heteroatoms. The van der Waals surface area contributed by atoms with E-state index in [0.717, 1.165) is 5.69 Å². The molecule has 0 saturated carbocycles. The lowest BCUT2D eigenvalue weighted by atomic mass is 10.0. The van der Waals surface area contributed by atoms with Crippen LogP contribution in [0.15, 0.2) is 41.8 Å². The summed E-state index contributed by atoms with van der Waals surface area (Å²) in [6.45, 7) is 4.58. The number of thiophene rings is 1. The van der Waals surface area contributed by atoms with Crippen LogP contribution in [0.3, 0.4) is 0 Å². The first-order valence-corrected chi connectivity index (χ1v) is 8.14. The SMILES string of the molecule is CC(C)C(NCC(=O)Nc1ccc(Cl)cc1)c1cccs1. The van der Waals surface area contributed by atoms with Crippen molar-refractivity contribution in [3.05, 3.63) is 51.7 Å². The highest BCUT2D eigenvalue weighted by atomic mass is 35.5. The Hall–Kier alpha value is -1.36. The largest absolute Gasteiger partial charge is 0.325 e. The van der Waals surface area contributed by atoms with Crippen LogP contribution in [-0.4, -0.2) is 12.5 Å². The number of amides is 1. The van der Waals surface area contributed by atoms with Gasteiger partial charge in [-0.15, -0.1) is 11.3 Å². The Labute approximate surface area is 134 Å². The fourth-order valence-electron chi connectivity index (χ4n) is 2.07. The maximum absolute atomic E-state index is 12.0. The minimum absolute atomic E-state index is 0.0560. The molecule has 2 N–H and O–H groups in total. The van der Waals surface area contributed by atoms with Crippen molar-refractivity contribution in [2.45, 2.75) is 19.9 Å². The van der Waals surface area contributed by atoms with E-state index in [1.165, 1.54) is 4.88 Å². The summed E-state index contributed by atoms with van der Waals surface area (Å²) < 4.78 is 0. The van der Waals surface area contributed by atoms with E-state index < -0.39 is 0 Å². The molecule has 21 heavy (non-hydrogen) atoms. The molecule has 3 nitrogen and oxygen atoms in total. The molecule has 0 saturated heterocycles. The Kier molecular flexibility index (Phi) is 5.79. The topological polar surface area (TPSA) is 41.1 Å². The fourth-order valence-corrected chi connectivity index (χ4v) is 3.17. The second kappa shape index (κ2) is 7.59. The van der Waals surface area contributed by atoms with Crippen molar-refractivity contribution in [1.29, 1.82) is 0 Å². The van der Waals surface area contributed by atoms with Crippen LogP contribution in [0.5, 0.6) is 0 Å². The minimum Gasteiger partial charge on any atom is -0.325 e. The number of halogens is 1. The van der Waals surface area contributed by atoms with Crippen molar-refractivity contribution in [2.24, 2.45) is 5.92 Å². The monoisotopic (exact) mass is 322 g/mol. The predicted octanol–water partition coefficient (Wildman–Crippen LogP) is 4.33. The quantitative estimate of drug-likeness (QED) is 0.831. The average molecular weight is 323 g/mol. The third kappa shape index (κ3) is 4.84. The van der Waals surface area contributed by atoms with Gasteiger partial charge in [-0.05, 0) is 41.6 Å². The molecule has 2 rings (SSSR count). The molecule has 0 spiro atoms. The van der Waals surface area contributed by atoms with E-state index in [1.54, 1.807) is 35.6 Å². The number of carbonyl (C=O) groups is 1.